The number of benzene rings is 1. The number of ether oxygens (including phenoxy) is 2. The van der Waals surface area contributed by atoms with E-state index in [0.29, 0.717) is 39.3 Å². The summed E-state index contributed by atoms with van der Waals surface area (Å²) < 4.78 is 11.3. The molecular formula is C19H27NO4. The second-order valence-corrected chi connectivity index (χ2v) is 6.94. The van der Waals surface area contributed by atoms with Gasteiger partial charge in [0.05, 0.1) is 19.8 Å². The van der Waals surface area contributed by atoms with Crippen LogP contribution in [0.15, 0.2) is 24.3 Å². The molecule has 2 aliphatic rings. The molecule has 0 spiro atoms. The molecule has 0 saturated carbocycles. The van der Waals surface area contributed by atoms with Gasteiger partial charge in [-0.3, -0.25) is 4.79 Å². The first-order valence-electron chi connectivity index (χ1n) is 8.79. The van der Waals surface area contributed by atoms with Crippen LogP contribution < -0.4 is 0 Å². The molecule has 1 N–H and O–H groups in total. The average Bonchev–Trinajstić information content (AvgIpc) is 2.64. The van der Waals surface area contributed by atoms with E-state index in [2.05, 4.69) is 19.1 Å². The summed E-state index contributed by atoms with van der Waals surface area (Å²) in [6.45, 7) is 4.83. The van der Waals surface area contributed by atoms with Crippen molar-refractivity contribution in [2.75, 3.05) is 39.5 Å². The van der Waals surface area contributed by atoms with E-state index in [1.807, 2.05) is 17.0 Å². The van der Waals surface area contributed by atoms with Crippen molar-refractivity contribution in [3.63, 3.8) is 0 Å². The van der Waals surface area contributed by atoms with Crippen LogP contribution in [0.25, 0.3) is 0 Å². The molecular weight excluding hydrogens is 306 g/mol. The average molecular weight is 333 g/mol. The van der Waals surface area contributed by atoms with Crippen LogP contribution in [-0.2, 0) is 20.7 Å². The first-order valence-corrected chi connectivity index (χ1v) is 8.79. The minimum atomic E-state index is -0.703. The van der Waals surface area contributed by atoms with Gasteiger partial charge in [0.1, 0.15) is 5.60 Å². The van der Waals surface area contributed by atoms with Gasteiger partial charge in [-0.15, -0.1) is 0 Å². The Morgan fingerprint density at radius 3 is 2.75 bits per heavy atom. The normalized spacial score (nSPS) is 25.7. The Morgan fingerprint density at radius 1 is 1.29 bits per heavy atom. The second-order valence-electron chi connectivity index (χ2n) is 6.94. The van der Waals surface area contributed by atoms with Crippen LogP contribution in [0, 0.1) is 12.8 Å². The Morgan fingerprint density at radius 2 is 2.04 bits per heavy atom. The van der Waals surface area contributed by atoms with E-state index in [1.165, 1.54) is 5.56 Å². The molecule has 1 aromatic rings. The monoisotopic (exact) mass is 333 g/mol. The van der Waals surface area contributed by atoms with Crippen molar-refractivity contribution in [3.05, 3.63) is 35.4 Å². The lowest BCUT2D eigenvalue weighted by Gasteiger charge is -2.43. The van der Waals surface area contributed by atoms with Gasteiger partial charge in [-0.2, -0.15) is 0 Å². The smallest absolute Gasteiger partial charge is 0.226 e. The molecule has 1 aromatic carbocycles. The predicted molar refractivity (Wildman–Crippen MR) is 90.8 cm³/mol. The maximum atomic E-state index is 12.8. The number of carbonyl (C=O) groups is 1. The minimum Gasteiger partial charge on any atom is -0.393 e. The minimum absolute atomic E-state index is 0.0479. The highest BCUT2D eigenvalue weighted by atomic mass is 16.5. The van der Waals surface area contributed by atoms with Gasteiger partial charge < -0.3 is 19.5 Å². The molecule has 3 rings (SSSR count). The number of carbonyl (C=O) groups excluding carboxylic acids is 1. The van der Waals surface area contributed by atoms with E-state index in [0.717, 1.165) is 18.4 Å². The van der Waals surface area contributed by atoms with Crippen LogP contribution in [0.1, 0.15) is 24.0 Å². The number of nitrogens with zero attached hydrogens (tertiary/aromatic N) is 1. The highest BCUT2D eigenvalue weighted by Crippen LogP contribution is 2.27. The summed E-state index contributed by atoms with van der Waals surface area (Å²) in [5.74, 6) is 0.232. The molecule has 5 heteroatoms. The van der Waals surface area contributed by atoms with E-state index in [9.17, 15) is 9.90 Å². The molecule has 132 valence electrons. The maximum absolute atomic E-state index is 12.8. The lowest BCUT2D eigenvalue weighted by atomic mass is 9.90. The van der Waals surface area contributed by atoms with Gasteiger partial charge in [-0.05, 0) is 30.9 Å². The fourth-order valence-corrected chi connectivity index (χ4v) is 3.65. The molecule has 24 heavy (non-hydrogen) atoms. The Balaban J connectivity index is 1.71. The van der Waals surface area contributed by atoms with Gasteiger partial charge in [-0.25, -0.2) is 0 Å². The Hall–Kier alpha value is -1.43. The summed E-state index contributed by atoms with van der Waals surface area (Å²) >= 11 is 0. The summed E-state index contributed by atoms with van der Waals surface area (Å²) in [6.07, 6.45) is 2.20. The molecule has 0 aliphatic carbocycles. The topological polar surface area (TPSA) is 59.0 Å². The highest BCUT2D eigenvalue weighted by Gasteiger charge is 2.40. The number of amides is 1. The first kappa shape index (κ1) is 17.4. The summed E-state index contributed by atoms with van der Waals surface area (Å²) in [4.78, 5) is 14.7. The van der Waals surface area contributed by atoms with E-state index in [-0.39, 0.29) is 18.4 Å². The zero-order chi connectivity index (χ0) is 17.0. The fraction of sp³-hybridized carbons (Fsp3) is 0.632. The third-order valence-electron chi connectivity index (χ3n) is 5.19. The van der Waals surface area contributed by atoms with Gasteiger partial charge in [0.25, 0.3) is 0 Å². The number of morpholine rings is 1. The van der Waals surface area contributed by atoms with Crippen molar-refractivity contribution in [2.24, 2.45) is 5.92 Å². The van der Waals surface area contributed by atoms with Gasteiger partial charge in [0, 0.05) is 32.1 Å². The van der Waals surface area contributed by atoms with Gasteiger partial charge in [0.2, 0.25) is 5.91 Å². The third kappa shape index (κ3) is 3.79. The lowest BCUT2D eigenvalue weighted by Crippen LogP contribution is -2.58. The summed E-state index contributed by atoms with van der Waals surface area (Å²) in [5.41, 5.74) is 1.64. The number of aryl methyl sites for hydroxylation is 1. The number of aliphatic hydroxyl groups is 1. The quantitative estimate of drug-likeness (QED) is 0.908. The summed E-state index contributed by atoms with van der Waals surface area (Å²) in [7, 11) is 0. The zero-order valence-electron chi connectivity index (χ0n) is 14.4. The highest BCUT2D eigenvalue weighted by molar-refractivity contribution is 5.79. The van der Waals surface area contributed by atoms with Crippen LogP contribution in [0.3, 0.4) is 0 Å². The van der Waals surface area contributed by atoms with E-state index >= 15 is 0 Å². The van der Waals surface area contributed by atoms with Gasteiger partial charge in [-0.1, -0.05) is 24.3 Å². The van der Waals surface area contributed by atoms with Crippen molar-refractivity contribution >= 4 is 5.91 Å². The van der Waals surface area contributed by atoms with Crippen LogP contribution >= 0.6 is 0 Å². The van der Waals surface area contributed by atoms with Crippen LogP contribution in [0.2, 0.25) is 0 Å². The van der Waals surface area contributed by atoms with Crippen LogP contribution in [0.4, 0.5) is 0 Å². The number of aliphatic hydroxyl groups excluding tert-OH is 1. The molecule has 2 heterocycles. The molecule has 2 saturated heterocycles. The molecule has 0 radical (unpaired) electrons. The standard InChI is InChI=1S/C19H27NO4/c1-15-4-2-3-5-17(15)12-19(14-21)13-20(8-11-24-19)18(22)16-6-9-23-10-7-16/h2-5,16,21H,6-14H2,1H3/t19-/m0/s1. The van der Waals surface area contributed by atoms with E-state index < -0.39 is 5.60 Å². The Labute approximate surface area is 143 Å². The molecule has 0 aromatic heterocycles. The second kappa shape index (κ2) is 7.64. The molecule has 2 aliphatic heterocycles. The molecule has 1 atom stereocenters. The molecule has 0 bridgehead atoms. The fourth-order valence-electron chi connectivity index (χ4n) is 3.65. The third-order valence-corrected chi connectivity index (χ3v) is 5.19. The Kier molecular flexibility index (Phi) is 5.54. The van der Waals surface area contributed by atoms with Crippen molar-refractivity contribution in [1.29, 1.82) is 0 Å². The lowest BCUT2D eigenvalue weighted by molar-refractivity contribution is -0.163. The van der Waals surface area contributed by atoms with Crippen LogP contribution in [0.5, 0.6) is 0 Å². The number of rotatable bonds is 4. The van der Waals surface area contributed by atoms with Gasteiger partial charge >= 0.3 is 0 Å². The predicted octanol–water partition coefficient (Wildman–Crippen LogP) is 1.55. The molecule has 0 unspecified atom stereocenters. The Bertz CT molecular complexity index is 570. The molecule has 2 fully saturated rings. The van der Waals surface area contributed by atoms with E-state index in [1.54, 1.807) is 0 Å². The largest absolute Gasteiger partial charge is 0.393 e. The van der Waals surface area contributed by atoms with Crippen molar-refractivity contribution < 1.29 is 19.4 Å². The van der Waals surface area contributed by atoms with Crippen LogP contribution in [-0.4, -0.2) is 61.0 Å². The SMILES string of the molecule is Cc1ccccc1C[C@@]1(CO)CN(C(=O)C2CCOCC2)CCO1. The van der Waals surface area contributed by atoms with E-state index in [4.69, 9.17) is 9.47 Å². The van der Waals surface area contributed by atoms with Crippen molar-refractivity contribution in [1.82, 2.24) is 4.90 Å². The maximum Gasteiger partial charge on any atom is 0.226 e. The summed E-state index contributed by atoms with van der Waals surface area (Å²) in [6, 6.07) is 8.14. The van der Waals surface area contributed by atoms with Crippen molar-refractivity contribution in [2.45, 2.75) is 31.8 Å². The summed E-state index contributed by atoms with van der Waals surface area (Å²) in [5, 5.41) is 10.0. The first-order chi connectivity index (χ1) is 11.6. The van der Waals surface area contributed by atoms with Gasteiger partial charge in [0.15, 0.2) is 0 Å². The molecule has 1 amide bonds. The molecule has 5 nitrogen and oxygen atoms in total. The number of hydrogen-bond donors (Lipinski definition) is 1. The van der Waals surface area contributed by atoms with Crippen molar-refractivity contribution in [3.8, 4) is 0 Å². The zero-order valence-corrected chi connectivity index (χ0v) is 14.4. The number of hydrogen-bond acceptors (Lipinski definition) is 4.